The Labute approximate surface area is 99.5 Å². The van der Waals surface area contributed by atoms with E-state index in [1.165, 1.54) is 0 Å². The molecular formula is C11H18FNO4. The molecule has 0 saturated carbocycles. The SMILES string of the molecule is CCOC(=O)CC1(CC(=O)OF)CCNCC1. The van der Waals surface area contributed by atoms with Crippen LogP contribution in [-0.2, 0) is 19.3 Å². The molecule has 1 fully saturated rings. The first kappa shape index (κ1) is 13.9. The van der Waals surface area contributed by atoms with Gasteiger partial charge in [-0.25, -0.2) is 4.79 Å². The summed E-state index contributed by atoms with van der Waals surface area (Å²) in [4.78, 5) is 25.8. The van der Waals surface area contributed by atoms with Gasteiger partial charge in [0, 0.05) is 4.53 Å². The number of hydrogen-bond donors (Lipinski definition) is 1. The van der Waals surface area contributed by atoms with E-state index in [4.69, 9.17) is 4.74 Å². The van der Waals surface area contributed by atoms with Gasteiger partial charge < -0.3 is 10.1 Å². The molecule has 0 atom stereocenters. The summed E-state index contributed by atoms with van der Waals surface area (Å²) < 4.78 is 16.7. The molecule has 0 spiro atoms. The summed E-state index contributed by atoms with van der Waals surface area (Å²) in [6.07, 6.45) is 1.34. The van der Waals surface area contributed by atoms with Crippen LogP contribution in [0.15, 0.2) is 0 Å². The van der Waals surface area contributed by atoms with Crippen LogP contribution in [0.3, 0.4) is 0 Å². The van der Waals surface area contributed by atoms with Crippen LogP contribution in [0.4, 0.5) is 4.53 Å². The van der Waals surface area contributed by atoms with Crippen molar-refractivity contribution in [1.82, 2.24) is 5.32 Å². The number of piperidine rings is 1. The second-order valence-corrected chi connectivity index (χ2v) is 4.36. The molecule has 0 amide bonds. The van der Waals surface area contributed by atoms with Gasteiger partial charge in [-0.15, -0.1) is 0 Å². The van der Waals surface area contributed by atoms with Gasteiger partial charge >= 0.3 is 11.9 Å². The molecule has 0 radical (unpaired) electrons. The van der Waals surface area contributed by atoms with Crippen LogP contribution in [0.2, 0.25) is 0 Å². The van der Waals surface area contributed by atoms with Gasteiger partial charge in [0.25, 0.3) is 0 Å². The van der Waals surface area contributed by atoms with Crippen LogP contribution >= 0.6 is 0 Å². The maximum atomic E-state index is 11.8. The maximum absolute atomic E-state index is 11.8. The number of rotatable bonds is 5. The van der Waals surface area contributed by atoms with E-state index < -0.39 is 11.4 Å². The predicted octanol–water partition coefficient (Wildman–Crippen LogP) is 1.13. The van der Waals surface area contributed by atoms with Crippen LogP contribution < -0.4 is 5.32 Å². The zero-order valence-corrected chi connectivity index (χ0v) is 9.96. The van der Waals surface area contributed by atoms with Crippen LogP contribution in [0.5, 0.6) is 0 Å². The van der Waals surface area contributed by atoms with E-state index in [1.807, 2.05) is 0 Å². The number of carbonyl (C=O) groups excluding carboxylic acids is 2. The lowest BCUT2D eigenvalue weighted by atomic mass is 9.73. The molecule has 1 saturated heterocycles. The normalized spacial score (nSPS) is 18.5. The smallest absolute Gasteiger partial charge is 0.349 e. The number of hydrogen-bond acceptors (Lipinski definition) is 5. The first-order valence-corrected chi connectivity index (χ1v) is 5.80. The van der Waals surface area contributed by atoms with Gasteiger partial charge in [0.2, 0.25) is 0 Å². The van der Waals surface area contributed by atoms with E-state index in [1.54, 1.807) is 6.92 Å². The zero-order valence-electron chi connectivity index (χ0n) is 9.96. The molecule has 1 aliphatic heterocycles. The highest BCUT2D eigenvalue weighted by molar-refractivity contribution is 5.74. The van der Waals surface area contributed by atoms with Crippen molar-refractivity contribution in [2.45, 2.75) is 32.6 Å². The summed E-state index contributed by atoms with van der Waals surface area (Å²) in [7, 11) is 0. The minimum atomic E-state index is -0.920. The Morgan fingerprint density at radius 3 is 2.35 bits per heavy atom. The van der Waals surface area contributed by atoms with Gasteiger partial charge in [0.15, 0.2) is 0 Å². The van der Waals surface area contributed by atoms with E-state index in [9.17, 15) is 14.1 Å². The monoisotopic (exact) mass is 247 g/mol. The third kappa shape index (κ3) is 4.30. The van der Waals surface area contributed by atoms with E-state index in [2.05, 4.69) is 10.3 Å². The second kappa shape index (κ2) is 6.54. The fourth-order valence-electron chi connectivity index (χ4n) is 2.22. The molecule has 1 heterocycles. The molecular weight excluding hydrogens is 229 g/mol. The topological polar surface area (TPSA) is 64.6 Å². The number of halogens is 1. The van der Waals surface area contributed by atoms with Gasteiger partial charge in [-0.1, -0.05) is 0 Å². The fourth-order valence-corrected chi connectivity index (χ4v) is 2.22. The van der Waals surface area contributed by atoms with E-state index in [-0.39, 0.29) is 18.8 Å². The number of carbonyl (C=O) groups is 2. The molecule has 1 rings (SSSR count). The molecule has 0 aromatic heterocycles. The van der Waals surface area contributed by atoms with Crippen molar-refractivity contribution in [2.24, 2.45) is 5.41 Å². The summed E-state index contributed by atoms with van der Waals surface area (Å²) in [5, 5.41) is 3.14. The highest BCUT2D eigenvalue weighted by Gasteiger charge is 2.37. The lowest BCUT2D eigenvalue weighted by Gasteiger charge is -2.35. The Hall–Kier alpha value is -1.17. The highest BCUT2D eigenvalue weighted by atomic mass is 19.3. The molecule has 98 valence electrons. The maximum Gasteiger partial charge on any atom is 0.349 e. The predicted molar refractivity (Wildman–Crippen MR) is 57.6 cm³/mol. The van der Waals surface area contributed by atoms with Crippen molar-refractivity contribution in [3.8, 4) is 0 Å². The van der Waals surface area contributed by atoms with Gasteiger partial charge in [-0.2, -0.15) is 0 Å². The Balaban J connectivity index is 2.64. The van der Waals surface area contributed by atoms with Crippen molar-refractivity contribution in [2.75, 3.05) is 19.7 Å². The Kier molecular flexibility index (Phi) is 5.34. The molecule has 0 aromatic carbocycles. The van der Waals surface area contributed by atoms with Crippen molar-refractivity contribution in [1.29, 1.82) is 0 Å². The van der Waals surface area contributed by atoms with Crippen LogP contribution in [0.1, 0.15) is 32.6 Å². The van der Waals surface area contributed by atoms with E-state index >= 15 is 0 Å². The van der Waals surface area contributed by atoms with E-state index in [0.717, 1.165) is 0 Å². The number of ether oxygens (including phenoxy) is 1. The summed E-state index contributed by atoms with van der Waals surface area (Å²) >= 11 is 0. The molecule has 1 N–H and O–H groups in total. The van der Waals surface area contributed by atoms with Crippen LogP contribution in [-0.4, -0.2) is 31.6 Å². The van der Waals surface area contributed by atoms with Gasteiger partial charge in [-0.05, 0) is 38.3 Å². The Bertz CT molecular complexity index is 277. The zero-order chi connectivity index (χ0) is 12.7. The van der Waals surface area contributed by atoms with Crippen molar-refractivity contribution in [3.05, 3.63) is 0 Å². The van der Waals surface area contributed by atoms with Gasteiger partial charge in [-0.3, -0.25) is 9.74 Å². The third-order valence-corrected chi connectivity index (χ3v) is 3.09. The molecule has 0 aliphatic carbocycles. The summed E-state index contributed by atoms with van der Waals surface area (Å²) in [6, 6.07) is 0. The largest absolute Gasteiger partial charge is 0.466 e. The first-order chi connectivity index (χ1) is 8.12. The third-order valence-electron chi connectivity index (χ3n) is 3.09. The number of nitrogens with one attached hydrogen (secondary N) is 1. The Morgan fingerprint density at radius 2 is 1.82 bits per heavy atom. The lowest BCUT2D eigenvalue weighted by Crippen LogP contribution is -2.40. The quantitative estimate of drug-likeness (QED) is 0.738. The average molecular weight is 247 g/mol. The van der Waals surface area contributed by atoms with Crippen LogP contribution in [0.25, 0.3) is 0 Å². The summed E-state index contributed by atoms with van der Waals surface area (Å²) in [5.41, 5.74) is -0.527. The second-order valence-electron chi connectivity index (χ2n) is 4.36. The molecule has 17 heavy (non-hydrogen) atoms. The first-order valence-electron chi connectivity index (χ1n) is 5.80. The minimum absolute atomic E-state index is 0.0794. The summed E-state index contributed by atoms with van der Waals surface area (Å²) in [6.45, 7) is 3.45. The van der Waals surface area contributed by atoms with Crippen LogP contribution in [0, 0.1) is 5.41 Å². The highest BCUT2D eigenvalue weighted by Crippen LogP contribution is 2.37. The molecule has 5 nitrogen and oxygen atoms in total. The molecule has 1 aliphatic rings. The summed E-state index contributed by atoms with van der Waals surface area (Å²) in [5.74, 6) is -1.27. The fraction of sp³-hybridized carbons (Fsp3) is 0.818. The molecule has 0 unspecified atom stereocenters. The lowest BCUT2D eigenvalue weighted by molar-refractivity contribution is -0.187. The van der Waals surface area contributed by atoms with Crippen molar-refractivity contribution in [3.63, 3.8) is 0 Å². The average Bonchev–Trinajstić information content (AvgIpc) is 2.30. The standard InChI is InChI=1S/C11H18FNO4/c1-2-16-9(14)7-11(8-10(15)17-12)3-5-13-6-4-11/h13H,2-8H2,1H3. The van der Waals surface area contributed by atoms with Gasteiger partial charge in [0.1, 0.15) is 0 Å². The molecule has 0 bridgehead atoms. The Morgan fingerprint density at radius 1 is 1.24 bits per heavy atom. The van der Waals surface area contributed by atoms with Gasteiger partial charge in [0.05, 0.1) is 19.4 Å². The number of esters is 1. The van der Waals surface area contributed by atoms with Crippen molar-refractivity contribution < 1.29 is 23.8 Å². The molecule has 6 heteroatoms. The van der Waals surface area contributed by atoms with Crippen molar-refractivity contribution >= 4 is 11.9 Å². The van der Waals surface area contributed by atoms with E-state index in [0.29, 0.717) is 32.5 Å². The minimum Gasteiger partial charge on any atom is -0.466 e. The molecule has 0 aromatic rings.